The van der Waals surface area contributed by atoms with E-state index in [0.29, 0.717) is 5.56 Å². The standard InChI is InChI=1S/C15H18N2O3.ClH/c1-19-14(18)12-4-2-11(3-5-12)13-10-15(20-17-13)6-8-16-9-7-15;/h2-5,16H,6-10H2,1H3;1H. The molecule has 0 atom stereocenters. The molecule has 0 amide bonds. The van der Waals surface area contributed by atoms with Crippen LogP contribution < -0.4 is 17.7 Å². The minimum Gasteiger partial charge on any atom is -1.00 e. The molecule has 1 saturated heterocycles. The monoisotopic (exact) mass is 310 g/mol. The lowest BCUT2D eigenvalue weighted by Gasteiger charge is -2.28. The first-order chi connectivity index (χ1) is 9.72. The van der Waals surface area contributed by atoms with E-state index >= 15 is 0 Å². The maximum atomic E-state index is 11.4. The number of piperidine rings is 1. The molecular weight excluding hydrogens is 292 g/mol. The largest absolute Gasteiger partial charge is 1.00 e. The third-order valence-corrected chi connectivity index (χ3v) is 4.09. The van der Waals surface area contributed by atoms with Gasteiger partial charge in [-0.15, -0.1) is 0 Å². The third kappa shape index (κ3) is 3.19. The Bertz CT molecular complexity index is 536. The highest BCUT2D eigenvalue weighted by Gasteiger charge is 2.42. The van der Waals surface area contributed by atoms with E-state index in [1.54, 1.807) is 12.1 Å². The molecule has 2 aliphatic rings. The van der Waals surface area contributed by atoms with Gasteiger partial charge in [0.1, 0.15) is 0 Å². The maximum Gasteiger partial charge on any atom is 0.337 e. The number of benzene rings is 1. The van der Waals surface area contributed by atoms with E-state index in [9.17, 15) is 4.79 Å². The molecule has 0 unspecified atom stereocenters. The Hall–Kier alpha value is -1.59. The number of carbonyl (C=O) groups excluding carboxylic acids is 1. The van der Waals surface area contributed by atoms with Crippen molar-refractivity contribution in [1.82, 2.24) is 0 Å². The van der Waals surface area contributed by atoms with Gasteiger partial charge in [0.25, 0.3) is 0 Å². The first kappa shape index (κ1) is 15.8. The van der Waals surface area contributed by atoms with Crippen LogP contribution in [0.1, 0.15) is 35.2 Å². The summed E-state index contributed by atoms with van der Waals surface area (Å²) in [7, 11) is 1.38. The molecule has 21 heavy (non-hydrogen) atoms. The van der Waals surface area contributed by atoms with E-state index in [1.165, 1.54) is 7.11 Å². The molecule has 0 aromatic heterocycles. The van der Waals surface area contributed by atoms with Gasteiger partial charge in [-0.2, -0.15) is 0 Å². The summed E-state index contributed by atoms with van der Waals surface area (Å²) in [5.74, 6) is -0.319. The molecule has 1 spiro atoms. The van der Waals surface area contributed by atoms with Gasteiger partial charge in [0.2, 0.25) is 0 Å². The van der Waals surface area contributed by atoms with Crippen LogP contribution in [0, 0.1) is 0 Å². The number of quaternary nitrogens is 1. The fraction of sp³-hybridized carbons (Fsp3) is 0.467. The Labute approximate surface area is 130 Å². The van der Waals surface area contributed by atoms with E-state index in [-0.39, 0.29) is 24.0 Å². The Morgan fingerprint density at radius 2 is 1.95 bits per heavy atom. The number of ether oxygens (including phenoxy) is 1. The number of oxime groups is 1. The SMILES string of the molecule is COC(=O)c1ccc(C2=NOC3(CC[NH2+]CC3)C2)cc1.[Cl-]. The molecule has 1 fully saturated rings. The summed E-state index contributed by atoms with van der Waals surface area (Å²) in [5, 5.41) is 6.58. The molecular formula is C15H19ClN2O3. The van der Waals surface area contributed by atoms with E-state index in [0.717, 1.165) is 43.6 Å². The average molecular weight is 311 g/mol. The molecule has 6 heteroatoms. The van der Waals surface area contributed by atoms with Gasteiger partial charge in [-0.1, -0.05) is 17.3 Å². The number of hydrogen-bond donors (Lipinski definition) is 1. The minimum absolute atomic E-state index is 0. The summed E-state index contributed by atoms with van der Waals surface area (Å²) < 4.78 is 4.69. The molecule has 1 aromatic rings. The zero-order chi connectivity index (χ0) is 14.0. The molecule has 5 nitrogen and oxygen atoms in total. The molecule has 2 heterocycles. The predicted molar refractivity (Wildman–Crippen MR) is 73.6 cm³/mol. The average Bonchev–Trinajstić information content (AvgIpc) is 2.91. The van der Waals surface area contributed by atoms with Crippen molar-refractivity contribution < 1.29 is 32.1 Å². The lowest BCUT2D eigenvalue weighted by Crippen LogP contribution is -3.00. The summed E-state index contributed by atoms with van der Waals surface area (Å²) in [6.45, 7) is 2.20. The van der Waals surface area contributed by atoms with Crippen molar-refractivity contribution in [3.8, 4) is 0 Å². The molecule has 0 aliphatic carbocycles. The van der Waals surface area contributed by atoms with Crippen LogP contribution in [0.2, 0.25) is 0 Å². The van der Waals surface area contributed by atoms with Gasteiger partial charge < -0.3 is 27.3 Å². The normalized spacial score (nSPS) is 19.4. The summed E-state index contributed by atoms with van der Waals surface area (Å²) in [6.07, 6.45) is 2.94. The highest BCUT2D eigenvalue weighted by Crippen LogP contribution is 2.33. The summed E-state index contributed by atoms with van der Waals surface area (Å²) in [4.78, 5) is 17.1. The number of nitrogens with two attached hydrogens (primary N) is 1. The van der Waals surface area contributed by atoms with Crippen molar-refractivity contribution in [2.24, 2.45) is 5.16 Å². The molecule has 1 aromatic carbocycles. The zero-order valence-electron chi connectivity index (χ0n) is 12.0. The smallest absolute Gasteiger partial charge is 0.337 e. The highest BCUT2D eigenvalue weighted by molar-refractivity contribution is 6.02. The van der Waals surface area contributed by atoms with Gasteiger partial charge in [0, 0.05) is 19.3 Å². The molecule has 0 bridgehead atoms. The number of nitrogens with zero attached hydrogens (tertiary/aromatic N) is 1. The van der Waals surface area contributed by atoms with Crippen molar-refractivity contribution in [2.75, 3.05) is 20.2 Å². The van der Waals surface area contributed by atoms with Crippen LogP contribution in [0.3, 0.4) is 0 Å². The Kier molecular flexibility index (Phi) is 4.85. The number of esters is 1. The van der Waals surface area contributed by atoms with Crippen molar-refractivity contribution in [3.63, 3.8) is 0 Å². The highest BCUT2D eigenvalue weighted by atomic mass is 35.5. The van der Waals surface area contributed by atoms with E-state index in [2.05, 4.69) is 10.5 Å². The van der Waals surface area contributed by atoms with Crippen LogP contribution in [0.25, 0.3) is 0 Å². The van der Waals surface area contributed by atoms with E-state index in [4.69, 9.17) is 9.57 Å². The Morgan fingerprint density at radius 3 is 2.57 bits per heavy atom. The quantitative estimate of drug-likeness (QED) is 0.625. The topological polar surface area (TPSA) is 64.5 Å². The maximum absolute atomic E-state index is 11.4. The van der Waals surface area contributed by atoms with Gasteiger partial charge in [0.05, 0.1) is 31.5 Å². The molecule has 114 valence electrons. The van der Waals surface area contributed by atoms with Gasteiger partial charge in [0.15, 0.2) is 5.60 Å². The minimum atomic E-state index is -0.319. The van der Waals surface area contributed by atoms with Crippen molar-refractivity contribution in [1.29, 1.82) is 0 Å². The third-order valence-electron chi connectivity index (χ3n) is 4.09. The number of carbonyl (C=O) groups is 1. The first-order valence-corrected chi connectivity index (χ1v) is 6.98. The van der Waals surface area contributed by atoms with Crippen LogP contribution in [0.15, 0.2) is 29.4 Å². The second-order valence-electron chi connectivity index (χ2n) is 5.42. The Balaban J connectivity index is 0.00000161. The molecule has 0 saturated carbocycles. The van der Waals surface area contributed by atoms with Gasteiger partial charge in [-0.05, 0) is 17.7 Å². The van der Waals surface area contributed by atoms with Crippen LogP contribution in [-0.2, 0) is 9.57 Å². The lowest BCUT2D eigenvalue weighted by molar-refractivity contribution is -0.668. The van der Waals surface area contributed by atoms with Gasteiger partial charge in [-0.25, -0.2) is 4.79 Å². The summed E-state index contributed by atoms with van der Waals surface area (Å²) >= 11 is 0. The van der Waals surface area contributed by atoms with E-state index in [1.807, 2.05) is 12.1 Å². The lowest BCUT2D eigenvalue weighted by atomic mass is 9.86. The number of rotatable bonds is 2. The Morgan fingerprint density at radius 1 is 1.29 bits per heavy atom. The van der Waals surface area contributed by atoms with Crippen molar-refractivity contribution in [3.05, 3.63) is 35.4 Å². The second-order valence-corrected chi connectivity index (χ2v) is 5.42. The summed E-state index contributed by atoms with van der Waals surface area (Å²) in [6, 6.07) is 7.34. The fourth-order valence-corrected chi connectivity index (χ4v) is 2.86. The molecule has 2 N–H and O–H groups in total. The van der Waals surface area contributed by atoms with Gasteiger partial charge >= 0.3 is 5.97 Å². The van der Waals surface area contributed by atoms with Crippen LogP contribution >= 0.6 is 0 Å². The van der Waals surface area contributed by atoms with Gasteiger partial charge in [-0.3, -0.25) is 0 Å². The second kappa shape index (κ2) is 6.45. The zero-order valence-corrected chi connectivity index (χ0v) is 12.7. The van der Waals surface area contributed by atoms with Crippen LogP contribution in [0.4, 0.5) is 0 Å². The number of hydrogen-bond acceptors (Lipinski definition) is 4. The fourth-order valence-electron chi connectivity index (χ4n) is 2.86. The van der Waals surface area contributed by atoms with E-state index < -0.39 is 0 Å². The number of methoxy groups -OCH3 is 1. The van der Waals surface area contributed by atoms with Crippen LogP contribution in [-0.4, -0.2) is 37.5 Å². The van der Waals surface area contributed by atoms with Crippen LogP contribution in [0.5, 0.6) is 0 Å². The molecule has 0 radical (unpaired) electrons. The van der Waals surface area contributed by atoms with Crippen molar-refractivity contribution in [2.45, 2.75) is 24.9 Å². The predicted octanol–water partition coefficient (Wildman–Crippen LogP) is -2.30. The van der Waals surface area contributed by atoms with Crippen molar-refractivity contribution >= 4 is 11.7 Å². The molecule has 3 rings (SSSR count). The molecule has 2 aliphatic heterocycles. The first-order valence-electron chi connectivity index (χ1n) is 6.98. The number of halogens is 1. The summed E-state index contributed by atoms with van der Waals surface area (Å²) in [5.41, 5.74) is 2.45.